The smallest absolute Gasteiger partial charge is 0.417 e. The van der Waals surface area contributed by atoms with E-state index in [4.69, 9.17) is 38.1 Å². The summed E-state index contributed by atoms with van der Waals surface area (Å²) in [6.45, 7) is 0.476. The normalized spacial score (nSPS) is 18.6. The number of hydrogen-bond acceptors (Lipinski definition) is 9. The Balaban J connectivity index is 1.54. The highest BCUT2D eigenvalue weighted by atomic mass is 35.5. The van der Waals surface area contributed by atoms with Gasteiger partial charge < -0.3 is 34.7 Å². The van der Waals surface area contributed by atoms with Crippen molar-refractivity contribution in [3.8, 4) is 5.75 Å². The van der Waals surface area contributed by atoms with Crippen LogP contribution in [-0.2, 0) is 18.0 Å². The first-order valence-electron chi connectivity index (χ1n) is 11.4. The molecule has 39 heavy (non-hydrogen) atoms. The zero-order valence-electron chi connectivity index (χ0n) is 20.0. The van der Waals surface area contributed by atoms with Gasteiger partial charge in [-0.15, -0.1) is 0 Å². The predicted molar refractivity (Wildman–Crippen MR) is 139 cm³/mol. The quantitative estimate of drug-likeness (QED) is 0.289. The molecule has 1 saturated heterocycles. The van der Waals surface area contributed by atoms with Crippen LogP contribution in [0.25, 0.3) is 11.2 Å². The molecule has 1 fully saturated rings. The second-order valence-electron chi connectivity index (χ2n) is 8.46. The predicted octanol–water partition coefficient (Wildman–Crippen LogP) is 4.46. The molecule has 11 nitrogen and oxygen atoms in total. The molecule has 204 valence electrons. The first kappa shape index (κ1) is 26.7. The Bertz CT molecular complexity index is 1620. The van der Waals surface area contributed by atoms with Crippen LogP contribution in [-0.4, -0.2) is 43.7 Å². The molecule has 2 aliphatic rings. The minimum Gasteiger partial charge on any atom is -0.450 e. The van der Waals surface area contributed by atoms with E-state index in [1.54, 1.807) is 7.05 Å². The largest absolute Gasteiger partial charge is 0.450 e. The molecule has 3 N–H and O–H groups in total. The fourth-order valence-electron chi connectivity index (χ4n) is 4.07. The van der Waals surface area contributed by atoms with Crippen molar-refractivity contribution < 1.29 is 22.6 Å². The summed E-state index contributed by atoms with van der Waals surface area (Å²) < 4.78 is 54.5. The SMILES string of the molecule is Cn1c(Nc2cc(C(F)(F)F)cn(C3CCOC3)c2=O)nc2ncc(O/C(C=N)=C3/NC=CN=C3Cl)c(Cl)c21. The number of nitrogens with one attached hydrogen (secondary N) is 3. The topological polar surface area (TPSA) is 131 Å². The van der Waals surface area contributed by atoms with E-state index >= 15 is 0 Å². The van der Waals surface area contributed by atoms with Crippen molar-refractivity contribution in [3.05, 3.63) is 63.3 Å². The van der Waals surface area contributed by atoms with Gasteiger partial charge in [-0.2, -0.15) is 18.2 Å². The Kier molecular flexibility index (Phi) is 7.09. The minimum absolute atomic E-state index is 0.00271. The van der Waals surface area contributed by atoms with Gasteiger partial charge in [-0.05, 0) is 12.5 Å². The number of aromatic nitrogens is 4. The van der Waals surface area contributed by atoms with Crippen LogP contribution in [0.1, 0.15) is 18.0 Å². The van der Waals surface area contributed by atoms with Gasteiger partial charge in [0.2, 0.25) is 5.95 Å². The summed E-state index contributed by atoms with van der Waals surface area (Å²) in [5.74, 6) is 0.0624. The lowest BCUT2D eigenvalue weighted by molar-refractivity contribution is -0.138. The Morgan fingerprint density at radius 2 is 2.18 bits per heavy atom. The Labute approximate surface area is 228 Å². The fraction of sp³-hybridized carbons (Fsp3) is 0.261. The number of anilines is 2. The molecule has 0 amide bonds. The molecular formula is C23H19Cl2F3N8O3. The summed E-state index contributed by atoms with van der Waals surface area (Å²) in [5, 5.41) is 13.4. The molecule has 1 unspecified atom stereocenters. The van der Waals surface area contributed by atoms with E-state index in [1.807, 2.05) is 0 Å². The molecule has 16 heteroatoms. The minimum atomic E-state index is -4.69. The number of alkyl halides is 3. The van der Waals surface area contributed by atoms with Gasteiger partial charge in [0.25, 0.3) is 5.56 Å². The highest BCUT2D eigenvalue weighted by Gasteiger charge is 2.34. The number of pyridine rings is 2. The molecule has 0 aliphatic carbocycles. The lowest BCUT2D eigenvalue weighted by Gasteiger charge is -2.18. The van der Waals surface area contributed by atoms with Crippen molar-refractivity contribution in [2.45, 2.75) is 18.6 Å². The number of rotatable bonds is 6. The van der Waals surface area contributed by atoms with Crippen molar-refractivity contribution in [2.75, 3.05) is 18.5 Å². The number of halogens is 5. The van der Waals surface area contributed by atoms with Crippen LogP contribution >= 0.6 is 23.2 Å². The van der Waals surface area contributed by atoms with Crippen molar-refractivity contribution in [3.63, 3.8) is 0 Å². The van der Waals surface area contributed by atoms with E-state index in [0.29, 0.717) is 13.0 Å². The van der Waals surface area contributed by atoms with Crippen molar-refractivity contribution in [1.29, 1.82) is 5.41 Å². The van der Waals surface area contributed by atoms with Crippen LogP contribution in [0.15, 0.2) is 52.1 Å². The van der Waals surface area contributed by atoms with E-state index in [9.17, 15) is 18.0 Å². The van der Waals surface area contributed by atoms with Gasteiger partial charge in [0.05, 0.1) is 30.6 Å². The monoisotopic (exact) mass is 582 g/mol. The average Bonchev–Trinajstić information content (AvgIpc) is 3.54. The number of hydrogen-bond donors (Lipinski definition) is 3. The van der Waals surface area contributed by atoms with Crippen molar-refractivity contribution >= 4 is 57.4 Å². The molecule has 5 rings (SSSR count). The maximum Gasteiger partial charge on any atom is 0.417 e. The van der Waals surface area contributed by atoms with Gasteiger partial charge in [0.15, 0.2) is 22.3 Å². The number of allylic oxidation sites excluding steroid dienone is 2. The lowest BCUT2D eigenvalue weighted by Crippen LogP contribution is -2.28. The molecule has 0 aromatic carbocycles. The van der Waals surface area contributed by atoms with E-state index in [0.717, 1.165) is 23.0 Å². The highest BCUT2D eigenvalue weighted by Crippen LogP contribution is 2.35. The highest BCUT2D eigenvalue weighted by molar-refractivity contribution is 6.69. The summed E-state index contributed by atoms with van der Waals surface area (Å²) in [7, 11) is 1.54. The summed E-state index contributed by atoms with van der Waals surface area (Å²) in [6, 6.07) is 0.207. The molecule has 5 heterocycles. The van der Waals surface area contributed by atoms with Gasteiger partial charge in [0.1, 0.15) is 21.9 Å². The second-order valence-corrected chi connectivity index (χ2v) is 9.20. The maximum atomic E-state index is 13.7. The van der Waals surface area contributed by atoms with Gasteiger partial charge in [-0.25, -0.2) is 9.98 Å². The van der Waals surface area contributed by atoms with Gasteiger partial charge >= 0.3 is 6.18 Å². The fourth-order valence-corrected chi connectivity index (χ4v) is 4.57. The van der Waals surface area contributed by atoms with E-state index in [2.05, 4.69) is 25.6 Å². The van der Waals surface area contributed by atoms with E-state index in [-0.39, 0.29) is 56.8 Å². The van der Waals surface area contributed by atoms with Gasteiger partial charge in [-0.1, -0.05) is 23.2 Å². The molecule has 0 spiro atoms. The van der Waals surface area contributed by atoms with Gasteiger partial charge in [0, 0.05) is 32.3 Å². The number of aryl methyl sites for hydroxylation is 1. The van der Waals surface area contributed by atoms with Crippen LogP contribution in [0, 0.1) is 5.41 Å². The Morgan fingerprint density at radius 1 is 1.38 bits per heavy atom. The molecule has 3 aromatic heterocycles. The third-order valence-electron chi connectivity index (χ3n) is 6.01. The summed E-state index contributed by atoms with van der Waals surface area (Å²) in [5.41, 5.74) is -1.36. The summed E-state index contributed by atoms with van der Waals surface area (Å²) in [6.07, 6.45) is 1.62. The Morgan fingerprint density at radius 3 is 2.85 bits per heavy atom. The lowest BCUT2D eigenvalue weighted by atomic mass is 10.2. The van der Waals surface area contributed by atoms with Crippen LogP contribution in [0.4, 0.5) is 24.8 Å². The second kappa shape index (κ2) is 10.4. The standard InChI is InChI=1S/C23H19Cl2F3N8O3/c1-35-18-16(24)15(39-14(7-29)17-19(25)31-4-3-30-17)8-32-20(18)34-22(35)33-13-6-11(23(26,27)28)9-36(21(13)37)12-2-5-38-10-12/h3-4,6-9,12,29-30H,2,5,10H2,1H3,(H,32,33,34)/b17-14+,29-7?. The number of nitrogens with zero attached hydrogens (tertiary/aromatic N) is 5. The van der Waals surface area contributed by atoms with Crippen molar-refractivity contribution in [2.24, 2.45) is 12.0 Å². The number of ether oxygens (including phenoxy) is 2. The number of fused-ring (bicyclic) bond motifs is 1. The first-order chi connectivity index (χ1) is 18.6. The maximum absolute atomic E-state index is 13.7. The molecule has 0 bridgehead atoms. The summed E-state index contributed by atoms with van der Waals surface area (Å²) in [4.78, 5) is 25.6. The zero-order chi connectivity index (χ0) is 27.9. The average molecular weight is 583 g/mol. The third kappa shape index (κ3) is 5.10. The van der Waals surface area contributed by atoms with E-state index in [1.165, 1.54) is 23.2 Å². The molecule has 1 atom stereocenters. The summed E-state index contributed by atoms with van der Waals surface area (Å²) >= 11 is 12.7. The number of imidazole rings is 1. The molecule has 0 saturated carbocycles. The van der Waals surface area contributed by atoms with Gasteiger partial charge in [-0.3, -0.25) is 4.79 Å². The molecular weight excluding hydrogens is 564 g/mol. The van der Waals surface area contributed by atoms with Crippen LogP contribution in [0.2, 0.25) is 5.02 Å². The Hall–Kier alpha value is -3.88. The molecule has 2 aliphatic heterocycles. The van der Waals surface area contributed by atoms with Crippen LogP contribution < -0.4 is 20.9 Å². The van der Waals surface area contributed by atoms with Crippen LogP contribution in [0.5, 0.6) is 5.75 Å². The first-order valence-corrected chi connectivity index (χ1v) is 12.1. The molecule has 0 radical (unpaired) electrons. The third-order valence-corrected chi connectivity index (χ3v) is 6.67. The molecule has 3 aromatic rings. The zero-order valence-corrected chi connectivity index (χ0v) is 21.5. The van der Waals surface area contributed by atoms with E-state index < -0.39 is 23.3 Å². The van der Waals surface area contributed by atoms with Crippen molar-refractivity contribution in [1.82, 2.24) is 24.4 Å². The van der Waals surface area contributed by atoms with Crippen LogP contribution in [0.3, 0.4) is 0 Å². The number of aliphatic imine (C=N–C) groups is 1.